The van der Waals surface area contributed by atoms with Crippen molar-refractivity contribution in [2.45, 2.75) is 69.9 Å². The molecule has 4 rings (SSSR count). The highest BCUT2D eigenvalue weighted by Crippen LogP contribution is 2.47. The SMILES string of the molecule is CN/C(N[C@H]1CC[C@H](N(C)CCCc2ccccc2)CC1)=C1\C(=N)SC2=C1CCC2. The molecule has 2 aliphatic carbocycles. The van der Waals surface area contributed by atoms with Crippen molar-refractivity contribution in [1.82, 2.24) is 15.5 Å². The van der Waals surface area contributed by atoms with Crippen molar-refractivity contribution >= 4 is 16.8 Å². The van der Waals surface area contributed by atoms with Crippen LogP contribution in [0.1, 0.15) is 56.9 Å². The maximum atomic E-state index is 8.45. The predicted molar refractivity (Wildman–Crippen MR) is 129 cm³/mol. The normalized spacial score (nSPS) is 25.6. The van der Waals surface area contributed by atoms with Gasteiger partial charge in [-0.3, -0.25) is 5.41 Å². The fourth-order valence-electron chi connectivity index (χ4n) is 5.16. The first-order valence-corrected chi connectivity index (χ1v) is 12.4. The maximum Gasteiger partial charge on any atom is 0.109 e. The van der Waals surface area contributed by atoms with Crippen LogP contribution in [0, 0.1) is 5.41 Å². The zero-order valence-electron chi connectivity index (χ0n) is 18.5. The Bertz CT molecular complexity index is 806. The van der Waals surface area contributed by atoms with Gasteiger partial charge in [-0.2, -0.15) is 0 Å². The van der Waals surface area contributed by atoms with Crippen LogP contribution in [0.15, 0.2) is 52.2 Å². The average Bonchev–Trinajstić information content (AvgIpc) is 3.33. The van der Waals surface area contributed by atoms with E-state index in [4.69, 9.17) is 5.41 Å². The van der Waals surface area contributed by atoms with E-state index in [0.717, 1.165) is 29.3 Å². The van der Waals surface area contributed by atoms with Gasteiger partial charge in [-0.1, -0.05) is 42.1 Å². The van der Waals surface area contributed by atoms with Gasteiger partial charge in [-0.25, -0.2) is 0 Å². The van der Waals surface area contributed by atoms with Crippen LogP contribution >= 0.6 is 11.8 Å². The van der Waals surface area contributed by atoms with E-state index < -0.39 is 0 Å². The molecule has 1 heterocycles. The number of allylic oxidation sites excluding steroid dienone is 2. The lowest BCUT2D eigenvalue weighted by Crippen LogP contribution is -2.43. The van der Waals surface area contributed by atoms with Gasteiger partial charge < -0.3 is 15.5 Å². The van der Waals surface area contributed by atoms with E-state index in [1.165, 1.54) is 67.5 Å². The molecule has 0 bridgehead atoms. The van der Waals surface area contributed by atoms with Crippen molar-refractivity contribution in [1.29, 1.82) is 5.41 Å². The van der Waals surface area contributed by atoms with Gasteiger partial charge in [-0.15, -0.1) is 0 Å². The standard InChI is InChI=1S/C25H36N4S/c1-27-25(23-21-11-6-12-22(21)30-24(23)26)28-19-13-15-20(16-14-19)29(2)17-7-10-18-8-4-3-5-9-18/h3-5,8-9,19-20,26-28H,6-7,10-17H2,1-2H3/b25-23+,26-24?/t19-,20-. The van der Waals surface area contributed by atoms with Crippen LogP contribution in [0.25, 0.3) is 0 Å². The summed E-state index contributed by atoms with van der Waals surface area (Å²) in [5, 5.41) is 16.3. The number of benzene rings is 1. The third-order valence-electron chi connectivity index (χ3n) is 6.91. The van der Waals surface area contributed by atoms with Crippen molar-refractivity contribution < 1.29 is 0 Å². The monoisotopic (exact) mass is 424 g/mol. The Hall–Kier alpha value is -1.72. The minimum Gasteiger partial charge on any atom is -0.374 e. The molecule has 1 aromatic carbocycles. The first-order valence-electron chi connectivity index (χ1n) is 11.6. The molecule has 1 aliphatic heterocycles. The quantitative estimate of drug-likeness (QED) is 0.547. The molecule has 4 nitrogen and oxygen atoms in total. The fraction of sp³-hybridized carbons (Fsp3) is 0.560. The number of nitrogens with one attached hydrogen (secondary N) is 3. The van der Waals surface area contributed by atoms with Gasteiger partial charge >= 0.3 is 0 Å². The molecule has 0 amide bonds. The highest BCUT2D eigenvalue weighted by atomic mass is 32.2. The molecule has 3 aliphatic rings. The molecule has 5 heteroatoms. The van der Waals surface area contributed by atoms with Gasteiger partial charge in [-0.05, 0) is 87.4 Å². The van der Waals surface area contributed by atoms with E-state index in [1.54, 1.807) is 11.8 Å². The Morgan fingerprint density at radius 3 is 2.63 bits per heavy atom. The maximum absolute atomic E-state index is 8.45. The lowest BCUT2D eigenvalue weighted by molar-refractivity contribution is 0.175. The van der Waals surface area contributed by atoms with E-state index in [0.29, 0.717) is 12.1 Å². The summed E-state index contributed by atoms with van der Waals surface area (Å²) in [4.78, 5) is 4.01. The number of nitrogens with zero attached hydrogens (tertiary/aromatic N) is 1. The smallest absolute Gasteiger partial charge is 0.109 e. The molecular weight excluding hydrogens is 388 g/mol. The van der Waals surface area contributed by atoms with Crippen LogP contribution in [-0.4, -0.2) is 42.7 Å². The van der Waals surface area contributed by atoms with Crippen LogP contribution in [0.4, 0.5) is 0 Å². The summed E-state index contributed by atoms with van der Waals surface area (Å²) in [6, 6.07) is 12.0. The molecule has 162 valence electrons. The Kier molecular flexibility index (Phi) is 7.21. The summed E-state index contributed by atoms with van der Waals surface area (Å²) in [6.07, 6.45) is 10.9. The summed E-state index contributed by atoms with van der Waals surface area (Å²) < 4.78 is 0. The van der Waals surface area contributed by atoms with E-state index in [9.17, 15) is 0 Å². The molecule has 0 radical (unpaired) electrons. The molecule has 1 aromatic rings. The summed E-state index contributed by atoms with van der Waals surface area (Å²) in [6.45, 7) is 1.18. The third-order valence-corrected chi connectivity index (χ3v) is 8.01. The molecule has 3 N–H and O–H groups in total. The third kappa shape index (κ3) is 4.94. The van der Waals surface area contributed by atoms with Crippen LogP contribution in [0.2, 0.25) is 0 Å². The molecule has 0 unspecified atom stereocenters. The second-order valence-corrected chi connectivity index (χ2v) is 10.0. The first kappa shape index (κ1) is 21.5. The molecule has 1 fully saturated rings. The lowest BCUT2D eigenvalue weighted by atomic mass is 9.90. The molecule has 1 saturated carbocycles. The van der Waals surface area contributed by atoms with E-state index in [-0.39, 0.29) is 0 Å². The van der Waals surface area contributed by atoms with Gasteiger partial charge in [0.15, 0.2) is 0 Å². The topological polar surface area (TPSA) is 51.1 Å². The summed E-state index contributed by atoms with van der Waals surface area (Å²) in [7, 11) is 4.29. The predicted octanol–water partition coefficient (Wildman–Crippen LogP) is 5.04. The van der Waals surface area contributed by atoms with Crippen LogP contribution < -0.4 is 10.6 Å². The molecule has 30 heavy (non-hydrogen) atoms. The Labute approximate surface area is 186 Å². The van der Waals surface area contributed by atoms with Crippen LogP contribution in [0.3, 0.4) is 0 Å². The second kappa shape index (κ2) is 10.1. The lowest BCUT2D eigenvalue weighted by Gasteiger charge is -2.36. The summed E-state index contributed by atoms with van der Waals surface area (Å²) in [5.74, 6) is 1.08. The van der Waals surface area contributed by atoms with Crippen molar-refractivity contribution in [3.05, 3.63) is 57.8 Å². The van der Waals surface area contributed by atoms with Crippen LogP contribution in [0.5, 0.6) is 0 Å². The van der Waals surface area contributed by atoms with E-state index >= 15 is 0 Å². The Morgan fingerprint density at radius 1 is 1.13 bits per heavy atom. The van der Waals surface area contributed by atoms with Crippen molar-refractivity contribution in [2.75, 3.05) is 20.6 Å². The first-order chi connectivity index (χ1) is 14.7. The van der Waals surface area contributed by atoms with Crippen LogP contribution in [-0.2, 0) is 6.42 Å². The molecular formula is C25H36N4S. The Balaban J connectivity index is 1.26. The minimum absolute atomic E-state index is 0.512. The highest BCUT2D eigenvalue weighted by molar-refractivity contribution is 8.18. The minimum atomic E-state index is 0.512. The fourth-order valence-corrected chi connectivity index (χ4v) is 6.31. The Morgan fingerprint density at radius 2 is 1.90 bits per heavy atom. The highest BCUT2D eigenvalue weighted by Gasteiger charge is 2.32. The average molecular weight is 425 g/mol. The van der Waals surface area contributed by atoms with Gasteiger partial charge in [0, 0.05) is 19.1 Å². The number of hydrogen-bond donors (Lipinski definition) is 3. The molecule has 0 spiro atoms. The molecule has 0 atom stereocenters. The zero-order valence-corrected chi connectivity index (χ0v) is 19.3. The van der Waals surface area contributed by atoms with E-state index in [2.05, 4.69) is 52.9 Å². The van der Waals surface area contributed by atoms with Gasteiger partial charge in [0.25, 0.3) is 0 Å². The van der Waals surface area contributed by atoms with Crippen molar-refractivity contribution in [3.63, 3.8) is 0 Å². The van der Waals surface area contributed by atoms with E-state index in [1.807, 2.05) is 7.05 Å². The second-order valence-electron chi connectivity index (χ2n) is 8.91. The number of thioether (sulfide) groups is 1. The van der Waals surface area contributed by atoms with Gasteiger partial charge in [0.05, 0.1) is 5.57 Å². The number of aryl methyl sites for hydroxylation is 1. The van der Waals surface area contributed by atoms with Crippen molar-refractivity contribution in [2.24, 2.45) is 0 Å². The number of hydrogen-bond acceptors (Lipinski definition) is 5. The van der Waals surface area contributed by atoms with Gasteiger partial charge in [0.1, 0.15) is 10.9 Å². The van der Waals surface area contributed by atoms with Crippen molar-refractivity contribution in [3.8, 4) is 0 Å². The summed E-state index contributed by atoms with van der Waals surface area (Å²) >= 11 is 1.68. The largest absolute Gasteiger partial charge is 0.374 e. The molecule has 0 aromatic heterocycles. The van der Waals surface area contributed by atoms with Gasteiger partial charge in [0.2, 0.25) is 0 Å². The zero-order chi connectivity index (χ0) is 20.9. The molecule has 0 saturated heterocycles. The number of rotatable bonds is 8. The summed E-state index contributed by atoms with van der Waals surface area (Å²) in [5.41, 5.74) is 4.02.